The van der Waals surface area contributed by atoms with E-state index in [0.717, 1.165) is 5.84 Å². The second-order valence-corrected chi connectivity index (χ2v) is 1.63. The maximum absolute atomic E-state index is 5.34. The van der Waals surface area contributed by atoms with Crippen LogP contribution in [0.1, 0.15) is 6.42 Å². The highest BCUT2D eigenvalue weighted by Crippen LogP contribution is 1.97. The summed E-state index contributed by atoms with van der Waals surface area (Å²) in [6.45, 7) is 0. The molecular formula is C4H9N3O. The summed E-state index contributed by atoms with van der Waals surface area (Å²) < 4.78 is 0. The molecule has 1 rings (SSSR count). The molecule has 0 amide bonds. The van der Waals surface area contributed by atoms with Gasteiger partial charge in [-0.3, -0.25) is 15.3 Å². The molecule has 0 aromatic carbocycles. The van der Waals surface area contributed by atoms with Crippen molar-refractivity contribution in [3.8, 4) is 0 Å². The minimum atomic E-state index is -0.214. The molecule has 0 aliphatic carbocycles. The number of aliphatic imine (C=N–C) groups is 1. The molecule has 1 unspecified atom stereocenters. The zero-order valence-electron chi connectivity index (χ0n) is 4.72. The predicted octanol–water partition coefficient (Wildman–Crippen LogP) is -0.776. The maximum atomic E-state index is 5.34. The Labute approximate surface area is 47.7 Å². The number of nitrogens with one attached hydrogen (secondary N) is 1. The third-order valence-corrected chi connectivity index (χ3v) is 0.993. The third kappa shape index (κ3) is 0.962. The van der Waals surface area contributed by atoms with Crippen LogP contribution in [-0.4, -0.2) is 19.1 Å². The summed E-state index contributed by atoms with van der Waals surface area (Å²) in [6.07, 6.45) is 0.477. The van der Waals surface area contributed by atoms with Crippen LogP contribution in [0.5, 0.6) is 0 Å². The Hall–Kier alpha value is -0.610. The van der Waals surface area contributed by atoms with Gasteiger partial charge in [-0.1, -0.05) is 0 Å². The highest BCUT2D eigenvalue weighted by atomic mass is 16.7. The van der Waals surface area contributed by atoms with Crippen LogP contribution in [-0.2, 0) is 4.84 Å². The van der Waals surface area contributed by atoms with Gasteiger partial charge in [0.1, 0.15) is 12.1 Å². The van der Waals surface area contributed by atoms with E-state index in [1.165, 1.54) is 0 Å². The number of hydroxylamine groups is 1. The van der Waals surface area contributed by atoms with Crippen LogP contribution in [0.2, 0.25) is 0 Å². The summed E-state index contributed by atoms with van der Waals surface area (Å²) in [5.41, 5.74) is 7.92. The SMILES string of the molecule is CN=C1CC(N)ON1. The van der Waals surface area contributed by atoms with E-state index in [0.29, 0.717) is 6.42 Å². The fraction of sp³-hybridized carbons (Fsp3) is 0.750. The second-order valence-electron chi connectivity index (χ2n) is 1.63. The molecular weight excluding hydrogens is 106 g/mol. The van der Waals surface area contributed by atoms with Gasteiger partial charge in [0.2, 0.25) is 0 Å². The summed E-state index contributed by atoms with van der Waals surface area (Å²) in [7, 11) is 1.70. The Kier molecular flexibility index (Phi) is 1.45. The van der Waals surface area contributed by atoms with E-state index in [1.54, 1.807) is 7.05 Å². The average molecular weight is 115 g/mol. The van der Waals surface area contributed by atoms with Crippen LogP contribution in [0.15, 0.2) is 4.99 Å². The van der Waals surface area contributed by atoms with Gasteiger partial charge in [0.15, 0.2) is 0 Å². The first-order valence-electron chi connectivity index (χ1n) is 2.46. The van der Waals surface area contributed by atoms with Gasteiger partial charge in [0, 0.05) is 13.5 Å². The van der Waals surface area contributed by atoms with Gasteiger partial charge in [0.05, 0.1) is 0 Å². The molecule has 0 aromatic heterocycles. The molecule has 0 saturated carbocycles. The Morgan fingerprint density at radius 1 is 2.00 bits per heavy atom. The molecule has 3 N–H and O–H groups in total. The molecule has 8 heavy (non-hydrogen) atoms. The van der Waals surface area contributed by atoms with Gasteiger partial charge in [0.25, 0.3) is 0 Å². The topological polar surface area (TPSA) is 59.6 Å². The summed E-state index contributed by atoms with van der Waals surface area (Å²) in [6, 6.07) is 0. The predicted molar refractivity (Wildman–Crippen MR) is 30.2 cm³/mol. The quantitative estimate of drug-likeness (QED) is 0.435. The molecule has 46 valence electrons. The first kappa shape index (κ1) is 5.53. The zero-order chi connectivity index (χ0) is 5.98. The van der Waals surface area contributed by atoms with Crippen LogP contribution in [0.3, 0.4) is 0 Å². The van der Waals surface area contributed by atoms with Crippen molar-refractivity contribution in [2.24, 2.45) is 10.7 Å². The smallest absolute Gasteiger partial charge is 0.140 e. The first-order chi connectivity index (χ1) is 3.83. The lowest BCUT2D eigenvalue weighted by Gasteiger charge is -1.93. The normalized spacial score (nSPS) is 33.2. The molecule has 0 bridgehead atoms. The first-order valence-corrected chi connectivity index (χ1v) is 2.46. The molecule has 1 atom stereocenters. The van der Waals surface area contributed by atoms with E-state index in [2.05, 4.69) is 10.5 Å². The van der Waals surface area contributed by atoms with Gasteiger partial charge >= 0.3 is 0 Å². The van der Waals surface area contributed by atoms with Crippen molar-refractivity contribution in [1.29, 1.82) is 0 Å². The van der Waals surface area contributed by atoms with Crippen molar-refractivity contribution < 1.29 is 4.84 Å². The third-order valence-electron chi connectivity index (χ3n) is 0.993. The van der Waals surface area contributed by atoms with Crippen LogP contribution >= 0.6 is 0 Å². The fourth-order valence-corrected chi connectivity index (χ4v) is 0.555. The van der Waals surface area contributed by atoms with E-state index in [1.807, 2.05) is 0 Å². The average Bonchev–Trinajstić information content (AvgIpc) is 2.14. The summed E-state index contributed by atoms with van der Waals surface area (Å²) in [4.78, 5) is 8.59. The standard InChI is InChI=1S/C4H9N3O/c1-6-4-2-3(5)8-7-4/h3H,2,5H2,1H3,(H,6,7). The highest BCUT2D eigenvalue weighted by molar-refractivity contribution is 5.82. The Morgan fingerprint density at radius 3 is 3.00 bits per heavy atom. The van der Waals surface area contributed by atoms with Gasteiger partial charge in [-0.2, -0.15) is 0 Å². The van der Waals surface area contributed by atoms with Crippen molar-refractivity contribution in [1.82, 2.24) is 5.48 Å². The van der Waals surface area contributed by atoms with E-state index >= 15 is 0 Å². The molecule has 4 nitrogen and oxygen atoms in total. The number of nitrogens with zero attached hydrogens (tertiary/aromatic N) is 1. The van der Waals surface area contributed by atoms with Crippen molar-refractivity contribution in [2.75, 3.05) is 7.05 Å². The zero-order valence-corrected chi connectivity index (χ0v) is 4.72. The lowest BCUT2D eigenvalue weighted by molar-refractivity contribution is 0.0498. The fourth-order valence-electron chi connectivity index (χ4n) is 0.555. The summed E-state index contributed by atoms with van der Waals surface area (Å²) in [5.74, 6) is 0.817. The maximum Gasteiger partial charge on any atom is 0.140 e. The minimum Gasteiger partial charge on any atom is -0.304 e. The van der Waals surface area contributed by atoms with E-state index < -0.39 is 0 Å². The Morgan fingerprint density at radius 2 is 2.75 bits per heavy atom. The summed E-state index contributed by atoms with van der Waals surface area (Å²) in [5, 5.41) is 0. The van der Waals surface area contributed by atoms with Crippen molar-refractivity contribution in [3.05, 3.63) is 0 Å². The molecule has 0 radical (unpaired) electrons. The molecule has 1 heterocycles. The number of rotatable bonds is 0. The summed E-state index contributed by atoms with van der Waals surface area (Å²) >= 11 is 0. The lowest BCUT2D eigenvalue weighted by Crippen LogP contribution is -2.19. The van der Waals surface area contributed by atoms with Crippen molar-refractivity contribution in [3.63, 3.8) is 0 Å². The van der Waals surface area contributed by atoms with Crippen molar-refractivity contribution >= 4 is 5.84 Å². The lowest BCUT2D eigenvalue weighted by atomic mass is 10.4. The minimum absolute atomic E-state index is 0.214. The Balaban J connectivity index is 2.44. The Bertz CT molecular complexity index is 112. The second kappa shape index (κ2) is 2.11. The molecule has 1 saturated heterocycles. The molecule has 1 aliphatic rings. The van der Waals surface area contributed by atoms with E-state index in [9.17, 15) is 0 Å². The van der Waals surface area contributed by atoms with Gasteiger partial charge in [-0.25, -0.2) is 0 Å². The van der Waals surface area contributed by atoms with Gasteiger partial charge in [-0.05, 0) is 0 Å². The van der Waals surface area contributed by atoms with Crippen LogP contribution in [0, 0.1) is 0 Å². The van der Waals surface area contributed by atoms with Crippen LogP contribution in [0.4, 0.5) is 0 Å². The van der Waals surface area contributed by atoms with Gasteiger partial charge in [-0.15, -0.1) is 0 Å². The number of amidine groups is 1. The molecule has 4 heteroatoms. The highest BCUT2D eigenvalue weighted by Gasteiger charge is 2.15. The molecule has 1 fully saturated rings. The number of hydrogen-bond donors (Lipinski definition) is 2. The molecule has 1 aliphatic heterocycles. The monoisotopic (exact) mass is 115 g/mol. The van der Waals surface area contributed by atoms with Gasteiger partial charge < -0.3 is 5.73 Å². The van der Waals surface area contributed by atoms with Crippen LogP contribution in [0.25, 0.3) is 0 Å². The molecule has 0 spiro atoms. The van der Waals surface area contributed by atoms with Crippen LogP contribution < -0.4 is 11.2 Å². The van der Waals surface area contributed by atoms with E-state index in [-0.39, 0.29) is 6.23 Å². The largest absolute Gasteiger partial charge is 0.304 e. The number of hydrogen-bond acceptors (Lipinski definition) is 3. The van der Waals surface area contributed by atoms with Crippen molar-refractivity contribution in [2.45, 2.75) is 12.6 Å². The van der Waals surface area contributed by atoms with E-state index in [4.69, 9.17) is 10.6 Å². The number of nitrogens with two attached hydrogens (primary N) is 1. The molecule has 0 aromatic rings.